The van der Waals surface area contributed by atoms with Crippen molar-refractivity contribution >= 4 is 80.8 Å². The third-order valence-electron chi connectivity index (χ3n) is 4.66. The van der Waals surface area contributed by atoms with Crippen molar-refractivity contribution < 1.29 is 14.0 Å². The molecule has 0 aliphatic carbocycles. The Labute approximate surface area is 210 Å². The Bertz CT molecular complexity index is 1380. The second-order valence-corrected chi connectivity index (χ2v) is 8.37. The first-order valence-electron chi connectivity index (χ1n) is 10.0. The second-order valence-electron chi connectivity index (χ2n) is 7.12. The van der Waals surface area contributed by atoms with E-state index < -0.39 is 5.91 Å². The van der Waals surface area contributed by atoms with E-state index in [2.05, 4.69) is 16.0 Å². The molecule has 0 aliphatic rings. The minimum absolute atomic E-state index is 0.121. The first kappa shape index (κ1) is 23.5. The van der Waals surface area contributed by atoms with Gasteiger partial charge in [-0.25, -0.2) is 0 Å². The molecule has 2 amide bonds. The summed E-state index contributed by atoms with van der Waals surface area (Å²) in [6.07, 6.45) is 2.88. The predicted molar refractivity (Wildman–Crippen MR) is 140 cm³/mol. The molecule has 0 unspecified atom stereocenters. The summed E-state index contributed by atoms with van der Waals surface area (Å²) in [5.41, 5.74) is 2.51. The molecule has 0 saturated heterocycles. The van der Waals surface area contributed by atoms with Gasteiger partial charge in [0.2, 0.25) is 5.91 Å². The van der Waals surface area contributed by atoms with Crippen LogP contribution in [0.2, 0.25) is 10.0 Å². The van der Waals surface area contributed by atoms with Gasteiger partial charge in [0.15, 0.2) is 10.9 Å². The van der Waals surface area contributed by atoms with Crippen molar-refractivity contribution in [1.29, 1.82) is 0 Å². The van der Waals surface area contributed by atoms with Gasteiger partial charge in [-0.05, 0) is 72.4 Å². The maximum absolute atomic E-state index is 12.5. The minimum Gasteiger partial charge on any atom is -0.451 e. The van der Waals surface area contributed by atoms with Gasteiger partial charge in [0.1, 0.15) is 5.58 Å². The third-order valence-corrected chi connectivity index (χ3v) is 5.43. The Morgan fingerprint density at radius 1 is 0.882 bits per heavy atom. The number of nitrogens with one attached hydrogen (secondary N) is 3. The quantitative estimate of drug-likeness (QED) is 0.210. The van der Waals surface area contributed by atoms with E-state index in [1.54, 1.807) is 60.7 Å². The molecule has 9 heteroatoms. The van der Waals surface area contributed by atoms with Crippen LogP contribution in [0.1, 0.15) is 16.1 Å². The van der Waals surface area contributed by atoms with Crippen LogP contribution < -0.4 is 16.0 Å². The molecular weight excluding hydrogens is 493 g/mol. The van der Waals surface area contributed by atoms with Crippen molar-refractivity contribution in [3.8, 4) is 0 Å². The van der Waals surface area contributed by atoms with Crippen molar-refractivity contribution in [2.24, 2.45) is 0 Å². The molecule has 1 aromatic heterocycles. The van der Waals surface area contributed by atoms with E-state index in [0.717, 1.165) is 5.39 Å². The van der Waals surface area contributed by atoms with Gasteiger partial charge in [-0.15, -0.1) is 0 Å². The highest BCUT2D eigenvalue weighted by Gasteiger charge is 2.12. The van der Waals surface area contributed by atoms with Crippen LogP contribution in [0.4, 0.5) is 11.4 Å². The number of para-hydroxylation sites is 1. The van der Waals surface area contributed by atoms with Crippen molar-refractivity contribution in [3.05, 3.63) is 100 Å². The van der Waals surface area contributed by atoms with Crippen LogP contribution in [0.3, 0.4) is 0 Å². The molecule has 3 N–H and O–H groups in total. The molecule has 34 heavy (non-hydrogen) atoms. The fourth-order valence-corrected chi connectivity index (χ4v) is 3.73. The van der Waals surface area contributed by atoms with Crippen LogP contribution in [0, 0.1) is 0 Å². The smallest absolute Gasteiger partial charge is 0.291 e. The number of hydrogen-bond acceptors (Lipinski definition) is 4. The molecule has 1 heterocycles. The van der Waals surface area contributed by atoms with E-state index >= 15 is 0 Å². The summed E-state index contributed by atoms with van der Waals surface area (Å²) in [6.45, 7) is 0. The average Bonchev–Trinajstić information content (AvgIpc) is 3.24. The Morgan fingerprint density at radius 2 is 1.59 bits per heavy atom. The highest BCUT2D eigenvalue weighted by atomic mass is 35.5. The lowest BCUT2D eigenvalue weighted by molar-refractivity contribution is -0.115. The Morgan fingerprint density at radius 3 is 2.29 bits per heavy atom. The fourth-order valence-electron chi connectivity index (χ4n) is 3.04. The van der Waals surface area contributed by atoms with Crippen LogP contribution in [0.25, 0.3) is 17.0 Å². The van der Waals surface area contributed by atoms with Gasteiger partial charge in [0, 0.05) is 32.9 Å². The van der Waals surface area contributed by atoms with Crippen LogP contribution in [0.5, 0.6) is 0 Å². The van der Waals surface area contributed by atoms with Gasteiger partial charge in [0.05, 0.1) is 0 Å². The molecule has 4 aromatic rings. The van der Waals surface area contributed by atoms with E-state index in [9.17, 15) is 9.59 Å². The zero-order valence-electron chi connectivity index (χ0n) is 17.5. The molecule has 4 rings (SSSR count). The van der Waals surface area contributed by atoms with Gasteiger partial charge < -0.3 is 15.1 Å². The molecule has 3 aromatic carbocycles. The first-order valence-corrected chi connectivity index (χ1v) is 11.2. The maximum atomic E-state index is 12.5. The SMILES string of the molecule is O=C(/C=C/c1ccc(Cl)cc1Cl)NC(=S)Nc1ccc(NC(=O)c2cc3ccccc3o2)cc1. The Kier molecular flexibility index (Phi) is 7.27. The summed E-state index contributed by atoms with van der Waals surface area (Å²) in [4.78, 5) is 24.6. The normalized spacial score (nSPS) is 10.9. The number of amides is 2. The summed E-state index contributed by atoms with van der Waals surface area (Å²) in [6, 6.07) is 20.9. The van der Waals surface area contributed by atoms with Crippen molar-refractivity contribution in [1.82, 2.24) is 5.32 Å². The van der Waals surface area contributed by atoms with E-state index in [0.29, 0.717) is 32.6 Å². The highest BCUT2D eigenvalue weighted by molar-refractivity contribution is 7.80. The number of rotatable bonds is 5. The highest BCUT2D eigenvalue weighted by Crippen LogP contribution is 2.22. The molecule has 0 bridgehead atoms. The zero-order valence-corrected chi connectivity index (χ0v) is 19.8. The van der Waals surface area contributed by atoms with Crippen molar-refractivity contribution in [2.45, 2.75) is 0 Å². The molecule has 0 fully saturated rings. The first-order chi connectivity index (χ1) is 16.4. The number of thiocarbonyl (C=S) groups is 1. The molecule has 0 radical (unpaired) electrons. The maximum Gasteiger partial charge on any atom is 0.291 e. The van der Waals surface area contributed by atoms with Crippen molar-refractivity contribution in [2.75, 3.05) is 10.6 Å². The summed E-state index contributed by atoms with van der Waals surface area (Å²) in [7, 11) is 0. The second kappa shape index (κ2) is 10.5. The summed E-state index contributed by atoms with van der Waals surface area (Å²) in [5.74, 6) is -0.550. The standard InChI is InChI=1S/C25H17Cl2N3O3S/c26-17-7-5-15(20(27)14-17)6-12-23(31)30-25(34)29-19-10-8-18(9-11-19)28-24(32)22-13-16-3-1-2-4-21(16)33-22/h1-14H,(H,28,32)(H2,29,30,31,34)/b12-6+. The molecule has 0 atom stereocenters. The zero-order chi connectivity index (χ0) is 24.1. The van der Waals surface area contributed by atoms with Crippen LogP contribution >= 0.6 is 35.4 Å². The number of hydrogen-bond donors (Lipinski definition) is 3. The van der Waals surface area contributed by atoms with Gasteiger partial charge in [-0.1, -0.05) is 47.5 Å². The lowest BCUT2D eigenvalue weighted by Gasteiger charge is -2.09. The molecule has 0 aliphatic heterocycles. The fraction of sp³-hybridized carbons (Fsp3) is 0. The molecule has 0 saturated carbocycles. The third kappa shape index (κ3) is 6.02. The van der Waals surface area contributed by atoms with E-state index in [4.69, 9.17) is 39.8 Å². The lowest BCUT2D eigenvalue weighted by atomic mass is 10.2. The molecule has 170 valence electrons. The minimum atomic E-state index is -0.418. The van der Waals surface area contributed by atoms with Gasteiger partial charge >= 0.3 is 0 Å². The van der Waals surface area contributed by atoms with Crippen molar-refractivity contribution in [3.63, 3.8) is 0 Å². The van der Waals surface area contributed by atoms with Gasteiger partial charge in [-0.2, -0.15) is 0 Å². The van der Waals surface area contributed by atoms with Crippen LogP contribution in [-0.2, 0) is 4.79 Å². The largest absolute Gasteiger partial charge is 0.451 e. The van der Waals surface area contributed by atoms with E-state index in [1.807, 2.05) is 18.2 Å². The number of fused-ring (bicyclic) bond motifs is 1. The van der Waals surface area contributed by atoms with E-state index in [-0.39, 0.29) is 16.8 Å². The Balaban J connectivity index is 1.30. The predicted octanol–water partition coefficient (Wildman–Crippen LogP) is 6.52. The summed E-state index contributed by atoms with van der Waals surface area (Å²) in [5, 5.41) is 10.2. The summed E-state index contributed by atoms with van der Waals surface area (Å²) >= 11 is 17.1. The number of halogens is 2. The van der Waals surface area contributed by atoms with E-state index in [1.165, 1.54) is 6.08 Å². The number of furan rings is 1. The monoisotopic (exact) mass is 509 g/mol. The van der Waals surface area contributed by atoms with Gasteiger partial charge in [0.25, 0.3) is 5.91 Å². The lowest BCUT2D eigenvalue weighted by Crippen LogP contribution is -2.32. The molecule has 6 nitrogen and oxygen atoms in total. The Hall–Kier alpha value is -3.65. The topological polar surface area (TPSA) is 83.4 Å². The number of anilines is 2. The molecule has 0 spiro atoms. The number of carbonyl (C=O) groups excluding carboxylic acids is 2. The van der Waals surface area contributed by atoms with Crippen LogP contribution in [0.15, 0.2) is 83.3 Å². The number of benzene rings is 3. The number of carbonyl (C=O) groups is 2. The average molecular weight is 510 g/mol. The molecular formula is C25H17Cl2N3O3S. The van der Waals surface area contributed by atoms with Gasteiger partial charge in [-0.3, -0.25) is 14.9 Å². The van der Waals surface area contributed by atoms with Crippen LogP contribution in [-0.4, -0.2) is 16.9 Å². The summed E-state index contributed by atoms with van der Waals surface area (Å²) < 4.78 is 5.57.